The maximum Gasteiger partial charge on any atom is 0.429 e. The van der Waals surface area contributed by atoms with Crippen molar-refractivity contribution < 1.29 is 9.53 Å². The van der Waals surface area contributed by atoms with Crippen molar-refractivity contribution in [2.45, 2.75) is 46.1 Å². The number of rotatable bonds is 2. The molecule has 0 saturated heterocycles. The number of anilines is 1. The third kappa shape index (κ3) is 4.30. The Hall–Kier alpha value is -3.34. The van der Waals surface area contributed by atoms with E-state index in [1.54, 1.807) is 27.7 Å². The molecule has 8 heteroatoms. The smallest absolute Gasteiger partial charge is 0.429 e. The Morgan fingerprint density at radius 3 is 2.27 bits per heavy atom. The number of aryl methyl sites for hydroxylation is 1. The van der Waals surface area contributed by atoms with Gasteiger partial charge in [0.25, 0.3) is 5.56 Å². The van der Waals surface area contributed by atoms with E-state index >= 15 is 0 Å². The fourth-order valence-corrected chi connectivity index (χ4v) is 3.57. The normalized spacial score (nSPS) is 13.8. The Morgan fingerprint density at radius 1 is 1.20 bits per heavy atom. The van der Waals surface area contributed by atoms with Gasteiger partial charge in [0.2, 0.25) is 0 Å². The molecule has 8 nitrogen and oxygen atoms in total. The Labute approximate surface area is 176 Å². The lowest BCUT2D eigenvalue weighted by Gasteiger charge is -2.28. The average molecular weight is 409 g/mol. The molecule has 0 radical (unpaired) electrons. The zero-order chi connectivity index (χ0) is 22.1. The lowest BCUT2D eigenvalue weighted by atomic mass is 10.0. The molecule has 1 amide bonds. The summed E-state index contributed by atoms with van der Waals surface area (Å²) in [7, 11) is 1.42. The van der Waals surface area contributed by atoms with Crippen molar-refractivity contribution in [2.24, 2.45) is 0 Å². The quantitative estimate of drug-likeness (QED) is 0.757. The van der Waals surface area contributed by atoms with E-state index in [1.165, 1.54) is 18.2 Å². The summed E-state index contributed by atoms with van der Waals surface area (Å²) >= 11 is 0. The second-order valence-electron chi connectivity index (χ2n) is 8.35. The van der Waals surface area contributed by atoms with Crippen molar-refractivity contribution in [3.05, 3.63) is 57.1 Å². The molecule has 0 N–H and O–H groups in total. The van der Waals surface area contributed by atoms with Gasteiger partial charge in [-0.15, -0.1) is 0 Å². The zero-order valence-corrected chi connectivity index (χ0v) is 18.1. The van der Waals surface area contributed by atoms with E-state index in [0.29, 0.717) is 24.7 Å². The highest BCUT2D eigenvalue weighted by Gasteiger charge is 2.27. The molecule has 30 heavy (non-hydrogen) atoms. The highest BCUT2D eigenvalue weighted by atomic mass is 16.6. The number of benzene rings is 1. The molecular formula is C22H27N5O3. The first kappa shape index (κ1) is 21.4. The summed E-state index contributed by atoms with van der Waals surface area (Å²) in [5, 5.41) is 10.8. The van der Waals surface area contributed by atoms with Crippen LogP contribution in [0, 0.1) is 18.3 Å². The zero-order valence-electron chi connectivity index (χ0n) is 18.1. The predicted octanol–water partition coefficient (Wildman–Crippen LogP) is 2.53. The molecule has 0 atom stereocenters. The first-order chi connectivity index (χ1) is 14.1. The van der Waals surface area contributed by atoms with Crippen LogP contribution >= 0.6 is 0 Å². The number of hydrogen-bond acceptors (Lipinski definition) is 6. The molecule has 1 aromatic carbocycles. The molecule has 0 aliphatic carbocycles. The van der Waals surface area contributed by atoms with Gasteiger partial charge in [0.1, 0.15) is 17.5 Å². The van der Waals surface area contributed by atoms with Crippen molar-refractivity contribution in [1.82, 2.24) is 9.66 Å². The number of nitriles is 1. The van der Waals surface area contributed by atoms with Gasteiger partial charge in [0, 0.05) is 20.1 Å². The maximum atomic E-state index is 13.1. The van der Waals surface area contributed by atoms with Gasteiger partial charge in [-0.05, 0) is 51.7 Å². The molecule has 1 aromatic heterocycles. The van der Waals surface area contributed by atoms with E-state index in [9.17, 15) is 14.9 Å². The molecule has 3 rings (SSSR count). The molecule has 1 aliphatic heterocycles. The minimum absolute atomic E-state index is 0.0815. The van der Waals surface area contributed by atoms with Crippen molar-refractivity contribution >= 4 is 11.9 Å². The highest BCUT2D eigenvalue weighted by molar-refractivity contribution is 5.78. The van der Waals surface area contributed by atoms with Crippen LogP contribution in [-0.4, -0.2) is 41.5 Å². The number of hydrogen-bond donors (Lipinski definition) is 0. The Morgan fingerprint density at radius 2 is 1.77 bits per heavy atom. The standard InChI is InChI=1S/C22H27N5O3/c1-15-24-19(26-12-10-16-8-6-7-9-17(16)11-13-26)18(14-23)20(28)27(15)25(5)21(29)30-22(2,3)4/h6-9H,10-13H2,1-5H3. The van der Waals surface area contributed by atoms with E-state index in [4.69, 9.17) is 4.74 Å². The molecule has 0 unspecified atom stereocenters. The minimum atomic E-state index is -0.713. The van der Waals surface area contributed by atoms with E-state index in [0.717, 1.165) is 22.5 Å². The van der Waals surface area contributed by atoms with E-state index in [2.05, 4.69) is 17.1 Å². The van der Waals surface area contributed by atoms with Gasteiger partial charge in [-0.3, -0.25) is 4.79 Å². The number of carbonyl (C=O) groups is 1. The molecule has 2 heterocycles. The summed E-state index contributed by atoms with van der Waals surface area (Å²) < 4.78 is 6.43. The molecule has 0 spiro atoms. The second-order valence-corrected chi connectivity index (χ2v) is 8.35. The van der Waals surface area contributed by atoms with Gasteiger partial charge in [-0.2, -0.15) is 9.94 Å². The first-order valence-corrected chi connectivity index (χ1v) is 9.95. The summed E-state index contributed by atoms with van der Waals surface area (Å²) in [6.07, 6.45) is 0.919. The molecule has 1 aliphatic rings. The van der Waals surface area contributed by atoms with Crippen LogP contribution < -0.4 is 15.5 Å². The summed E-state index contributed by atoms with van der Waals surface area (Å²) in [6.45, 7) is 8.18. The van der Waals surface area contributed by atoms with Crippen molar-refractivity contribution in [3.8, 4) is 6.07 Å². The molecule has 158 valence electrons. The number of aromatic nitrogens is 2. The lowest BCUT2D eigenvalue weighted by Crippen LogP contribution is -2.48. The van der Waals surface area contributed by atoms with Crippen LogP contribution in [0.1, 0.15) is 43.3 Å². The Kier molecular flexibility index (Phi) is 5.83. The highest BCUT2D eigenvalue weighted by Crippen LogP contribution is 2.21. The SMILES string of the molecule is Cc1nc(N2CCc3ccccc3CC2)c(C#N)c(=O)n1N(C)C(=O)OC(C)(C)C. The van der Waals surface area contributed by atoms with E-state index in [-0.39, 0.29) is 5.56 Å². The average Bonchev–Trinajstić information content (AvgIpc) is 2.89. The number of amides is 1. The van der Waals surface area contributed by atoms with Crippen LogP contribution in [0.2, 0.25) is 0 Å². The first-order valence-electron chi connectivity index (χ1n) is 9.95. The fourth-order valence-electron chi connectivity index (χ4n) is 3.57. The predicted molar refractivity (Wildman–Crippen MR) is 114 cm³/mol. The largest absolute Gasteiger partial charge is 0.442 e. The summed E-state index contributed by atoms with van der Waals surface area (Å²) in [5.74, 6) is 0.672. The topological polar surface area (TPSA) is 91.5 Å². The van der Waals surface area contributed by atoms with Crippen LogP contribution in [0.4, 0.5) is 10.6 Å². The van der Waals surface area contributed by atoms with Gasteiger partial charge >= 0.3 is 6.09 Å². The Bertz CT molecular complexity index is 1030. The van der Waals surface area contributed by atoms with Crippen molar-refractivity contribution in [1.29, 1.82) is 5.26 Å². The van der Waals surface area contributed by atoms with Crippen LogP contribution in [0.15, 0.2) is 29.1 Å². The number of fused-ring (bicyclic) bond motifs is 1. The van der Waals surface area contributed by atoms with Gasteiger partial charge in [-0.1, -0.05) is 24.3 Å². The van der Waals surface area contributed by atoms with E-state index in [1.807, 2.05) is 23.1 Å². The van der Waals surface area contributed by atoms with Crippen molar-refractivity contribution in [3.63, 3.8) is 0 Å². The van der Waals surface area contributed by atoms with Gasteiger partial charge in [0.15, 0.2) is 11.4 Å². The van der Waals surface area contributed by atoms with E-state index < -0.39 is 17.3 Å². The second kappa shape index (κ2) is 8.19. The molecule has 2 aromatic rings. The number of nitrogens with zero attached hydrogens (tertiary/aromatic N) is 5. The van der Waals surface area contributed by atoms with Crippen molar-refractivity contribution in [2.75, 3.05) is 30.0 Å². The Balaban J connectivity index is 1.96. The van der Waals surface area contributed by atoms with Gasteiger partial charge < -0.3 is 9.64 Å². The monoisotopic (exact) mass is 409 g/mol. The fraction of sp³-hybridized carbons (Fsp3) is 0.455. The third-order valence-electron chi connectivity index (χ3n) is 4.99. The number of carbonyl (C=O) groups excluding carboxylic acids is 1. The summed E-state index contributed by atoms with van der Waals surface area (Å²) in [6, 6.07) is 10.2. The molecular weight excluding hydrogens is 382 g/mol. The van der Waals surface area contributed by atoms with Crippen LogP contribution in [0.25, 0.3) is 0 Å². The summed E-state index contributed by atoms with van der Waals surface area (Å²) in [5.41, 5.74) is 1.16. The minimum Gasteiger partial charge on any atom is -0.442 e. The number of ether oxygens (including phenoxy) is 1. The van der Waals surface area contributed by atoms with Gasteiger partial charge in [0.05, 0.1) is 0 Å². The van der Waals surface area contributed by atoms with Crippen LogP contribution in [-0.2, 0) is 17.6 Å². The lowest BCUT2D eigenvalue weighted by molar-refractivity contribution is 0.0547. The summed E-state index contributed by atoms with van der Waals surface area (Å²) in [4.78, 5) is 32.1. The molecule has 0 bridgehead atoms. The third-order valence-corrected chi connectivity index (χ3v) is 4.99. The van der Waals surface area contributed by atoms with Crippen LogP contribution in [0.5, 0.6) is 0 Å². The maximum absolute atomic E-state index is 13.1. The van der Waals surface area contributed by atoms with Crippen LogP contribution in [0.3, 0.4) is 0 Å². The molecule has 0 saturated carbocycles. The molecule has 0 fully saturated rings. The van der Waals surface area contributed by atoms with Gasteiger partial charge in [-0.25, -0.2) is 14.8 Å².